The molecule has 1 aromatic rings. The van der Waals surface area contributed by atoms with Crippen molar-refractivity contribution in [3.63, 3.8) is 0 Å². The molecule has 0 atom stereocenters. The number of hydrogen-bond acceptors (Lipinski definition) is 4. The van der Waals surface area contributed by atoms with Crippen molar-refractivity contribution in [2.24, 2.45) is 0 Å². The van der Waals surface area contributed by atoms with Crippen molar-refractivity contribution < 1.29 is 14.7 Å². The predicted octanol–water partition coefficient (Wildman–Crippen LogP) is -0.0666. The molecule has 0 aliphatic rings. The normalized spacial score (nSPS) is 10.2. The van der Waals surface area contributed by atoms with E-state index < -0.39 is 17.4 Å². The molecule has 0 saturated heterocycles. The molecule has 7 nitrogen and oxygen atoms in total. The van der Waals surface area contributed by atoms with Crippen molar-refractivity contribution in [2.75, 3.05) is 13.6 Å². The van der Waals surface area contributed by atoms with Crippen LogP contribution in [0.15, 0.2) is 4.79 Å². The van der Waals surface area contributed by atoms with E-state index in [1.807, 2.05) is 0 Å². The number of aliphatic carboxylic acids is 1. The molecule has 0 saturated carbocycles. The number of aryl methyl sites for hydroxylation is 1. The summed E-state index contributed by atoms with van der Waals surface area (Å²) in [5.41, 5.74) is 0.510. The van der Waals surface area contributed by atoms with E-state index in [9.17, 15) is 14.4 Å². The van der Waals surface area contributed by atoms with Crippen LogP contribution in [0, 0.1) is 13.8 Å². The molecule has 0 fully saturated rings. The number of carboxylic acids is 1. The van der Waals surface area contributed by atoms with Gasteiger partial charge in [-0.3, -0.25) is 14.4 Å². The van der Waals surface area contributed by atoms with Crippen LogP contribution in [0.1, 0.15) is 28.0 Å². The van der Waals surface area contributed by atoms with Crippen LogP contribution in [-0.4, -0.2) is 45.7 Å². The zero-order valence-corrected chi connectivity index (χ0v) is 10.5. The Morgan fingerprint density at radius 2 is 2.00 bits per heavy atom. The van der Waals surface area contributed by atoms with Crippen LogP contribution in [0.3, 0.4) is 0 Å². The molecule has 0 unspecified atom stereocenters. The molecule has 0 aliphatic carbocycles. The lowest BCUT2D eigenvalue weighted by Crippen LogP contribution is -2.34. The van der Waals surface area contributed by atoms with Crippen LogP contribution in [0.4, 0.5) is 0 Å². The first-order chi connectivity index (χ1) is 8.34. The highest BCUT2D eigenvalue weighted by Crippen LogP contribution is 2.07. The number of nitrogens with one attached hydrogen (secondary N) is 1. The summed E-state index contributed by atoms with van der Waals surface area (Å²) in [4.78, 5) is 35.3. The minimum Gasteiger partial charge on any atom is -0.481 e. The maximum absolute atomic E-state index is 12.0. The van der Waals surface area contributed by atoms with Gasteiger partial charge < -0.3 is 10.0 Å². The van der Waals surface area contributed by atoms with Crippen molar-refractivity contribution in [1.29, 1.82) is 0 Å². The van der Waals surface area contributed by atoms with E-state index in [1.165, 1.54) is 11.9 Å². The van der Waals surface area contributed by atoms with Crippen LogP contribution in [-0.2, 0) is 4.79 Å². The van der Waals surface area contributed by atoms with Crippen LogP contribution >= 0.6 is 0 Å². The van der Waals surface area contributed by atoms with E-state index in [1.54, 1.807) is 13.8 Å². The lowest BCUT2D eigenvalue weighted by Gasteiger charge is -2.16. The fraction of sp³-hybridized carbons (Fsp3) is 0.455. The molecule has 1 aromatic heterocycles. The second-order valence-electron chi connectivity index (χ2n) is 4.01. The summed E-state index contributed by atoms with van der Waals surface area (Å²) in [5.74, 6) is -1.49. The van der Waals surface area contributed by atoms with Gasteiger partial charge in [-0.05, 0) is 19.4 Å². The Labute approximate surface area is 103 Å². The van der Waals surface area contributed by atoms with Crippen molar-refractivity contribution in [3.8, 4) is 0 Å². The SMILES string of the molecule is Cc1n[nH]c(=O)c(C(=O)N(C)CCC(=O)O)c1C. The standard InChI is InChI=1S/C11H15N3O4/c1-6-7(2)12-13-10(17)9(6)11(18)14(3)5-4-8(15)16/h4-5H2,1-3H3,(H,13,17)(H,15,16). The summed E-state index contributed by atoms with van der Waals surface area (Å²) in [6.07, 6.45) is -0.163. The van der Waals surface area contributed by atoms with Gasteiger partial charge in [0.2, 0.25) is 0 Å². The molecular weight excluding hydrogens is 238 g/mol. The Morgan fingerprint density at radius 1 is 1.39 bits per heavy atom. The van der Waals surface area contributed by atoms with Gasteiger partial charge in [0.25, 0.3) is 11.5 Å². The number of carboxylic acid groups (broad SMARTS) is 1. The molecule has 0 aliphatic heterocycles. The lowest BCUT2D eigenvalue weighted by molar-refractivity contribution is -0.137. The van der Waals surface area contributed by atoms with Gasteiger partial charge in [-0.15, -0.1) is 0 Å². The summed E-state index contributed by atoms with van der Waals surface area (Å²) in [6.45, 7) is 3.36. The molecular formula is C11H15N3O4. The Balaban J connectivity index is 3.00. The van der Waals surface area contributed by atoms with Crippen LogP contribution in [0.25, 0.3) is 0 Å². The fourth-order valence-corrected chi connectivity index (χ4v) is 1.44. The molecule has 98 valence electrons. The predicted molar refractivity (Wildman–Crippen MR) is 63.5 cm³/mol. The highest BCUT2D eigenvalue weighted by Gasteiger charge is 2.20. The summed E-state index contributed by atoms with van der Waals surface area (Å²) in [5, 5.41) is 14.5. The number of aromatic nitrogens is 2. The van der Waals surface area contributed by atoms with E-state index in [4.69, 9.17) is 5.11 Å². The Bertz CT molecular complexity index is 536. The van der Waals surface area contributed by atoms with E-state index in [0.29, 0.717) is 11.3 Å². The maximum Gasteiger partial charge on any atom is 0.305 e. The van der Waals surface area contributed by atoms with Gasteiger partial charge in [-0.2, -0.15) is 5.10 Å². The zero-order valence-electron chi connectivity index (χ0n) is 10.5. The third kappa shape index (κ3) is 2.93. The summed E-state index contributed by atoms with van der Waals surface area (Å²) < 4.78 is 0. The summed E-state index contributed by atoms with van der Waals surface area (Å²) >= 11 is 0. The minimum absolute atomic E-state index is 0.00962. The minimum atomic E-state index is -0.994. The number of aromatic amines is 1. The van der Waals surface area contributed by atoms with Crippen molar-refractivity contribution in [3.05, 3.63) is 27.2 Å². The van der Waals surface area contributed by atoms with Gasteiger partial charge in [0.1, 0.15) is 5.56 Å². The average molecular weight is 253 g/mol. The molecule has 1 heterocycles. The van der Waals surface area contributed by atoms with E-state index in [-0.39, 0.29) is 18.5 Å². The number of nitrogens with zero attached hydrogens (tertiary/aromatic N) is 2. The van der Waals surface area contributed by atoms with Gasteiger partial charge >= 0.3 is 5.97 Å². The van der Waals surface area contributed by atoms with Crippen molar-refractivity contribution in [2.45, 2.75) is 20.3 Å². The molecule has 18 heavy (non-hydrogen) atoms. The molecule has 0 bridgehead atoms. The number of amides is 1. The van der Waals surface area contributed by atoms with Crippen LogP contribution in [0.5, 0.6) is 0 Å². The zero-order chi connectivity index (χ0) is 13.9. The summed E-state index contributed by atoms with van der Waals surface area (Å²) in [7, 11) is 1.46. The first-order valence-corrected chi connectivity index (χ1v) is 5.37. The molecule has 0 spiro atoms. The average Bonchev–Trinajstić information content (AvgIpc) is 2.31. The van der Waals surface area contributed by atoms with Crippen LogP contribution in [0.2, 0.25) is 0 Å². The first kappa shape index (κ1) is 13.9. The van der Waals surface area contributed by atoms with E-state index in [0.717, 1.165) is 0 Å². The highest BCUT2D eigenvalue weighted by atomic mass is 16.4. The fourth-order valence-electron chi connectivity index (χ4n) is 1.44. The molecule has 0 aromatic carbocycles. The van der Waals surface area contributed by atoms with Gasteiger partial charge in [0, 0.05) is 13.6 Å². The number of H-pyrrole nitrogens is 1. The Morgan fingerprint density at radius 3 is 2.56 bits per heavy atom. The second kappa shape index (κ2) is 5.44. The Kier molecular flexibility index (Phi) is 4.19. The highest BCUT2D eigenvalue weighted by molar-refractivity contribution is 5.95. The number of carbonyl (C=O) groups is 2. The number of carbonyl (C=O) groups excluding carboxylic acids is 1. The molecule has 1 amide bonds. The topological polar surface area (TPSA) is 103 Å². The second-order valence-corrected chi connectivity index (χ2v) is 4.01. The maximum atomic E-state index is 12.0. The first-order valence-electron chi connectivity index (χ1n) is 5.37. The monoisotopic (exact) mass is 253 g/mol. The molecule has 1 rings (SSSR count). The Hall–Kier alpha value is -2.18. The van der Waals surface area contributed by atoms with Gasteiger partial charge in [-0.25, -0.2) is 5.10 Å². The molecule has 2 N–H and O–H groups in total. The largest absolute Gasteiger partial charge is 0.481 e. The van der Waals surface area contributed by atoms with Crippen molar-refractivity contribution in [1.82, 2.24) is 15.1 Å². The smallest absolute Gasteiger partial charge is 0.305 e. The number of rotatable bonds is 4. The van der Waals surface area contributed by atoms with E-state index >= 15 is 0 Å². The van der Waals surface area contributed by atoms with Gasteiger partial charge in [-0.1, -0.05) is 0 Å². The molecule has 7 heteroatoms. The van der Waals surface area contributed by atoms with Gasteiger partial charge in [0.15, 0.2) is 0 Å². The summed E-state index contributed by atoms with van der Waals surface area (Å²) in [6, 6.07) is 0. The number of hydrogen-bond donors (Lipinski definition) is 2. The third-order valence-corrected chi connectivity index (χ3v) is 2.69. The van der Waals surface area contributed by atoms with Crippen LogP contribution < -0.4 is 5.56 Å². The van der Waals surface area contributed by atoms with Gasteiger partial charge in [0.05, 0.1) is 12.1 Å². The quantitative estimate of drug-likeness (QED) is 0.782. The van der Waals surface area contributed by atoms with E-state index in [2.05, 4.69) is 10.2 Å². The lowest BCUT2D eigenvalue weighted by atomic mass is 10.1. The van der Waals surface area contributed by atoms with Crippen molar-refractivity contribution >= 4 is 11.9 Å². The third-order valence-electron chi connectivity index (χ3n) is 2.69. The molecule has 0 radical (unpaired) electrons.